The summed E-state index contributed by atoms with van der Waals surface area (Å²) in [6.45, 7) is 2.50. The highest BCUT2D eigenvalue weighted by Crippen LogP contribution is 2.28. The van der Waals surface area contributed by atoms with Crippen molar-refractivity contribution in [2.45, 2.75) is 13.3 Å². The molecule has 0 spiro atoms. The average Bonchev–Trinajstić information content (AvgIpc) is 2.87. The van der Waals surface area contributed by atoms with Gasteiger partial charge in [-0.25, -0.2) is 0 Å². The monoisotopic (exact) mass is 323 g/mol. The summed E-state index contributed by atoms with van der Waals surface area (Å²) >= 11 is 11.9. The predicted molar refractivity (Wildman–Crippen MR) is 80.8 cm³/mol. The van der Waals surface area contributed by atoms with Crippen LogP contribution in [0.4, 0.5) is 0 Å². The van der Waals surface area contributed by atoms with Crippen LogP contribution in [-0.2, 0) is 0 Å². The molecule has 2 aromatic heterocycles. The number of fused-ring (bicyclic) bond motifs is 1. The number of hydrogen-bond donors (Lipinski definition) is 0. The highest BCUT2D eigenvalue weighted by atomic mass is 35.5. The van der Waals surface area contributed by atoms with Crippen LogP contribution in [0.3, 0.4) is 0 Å². The van der Waals surface area contributed by atoms with E-state index in [0.717, 1.165) is 11.8 Å². The van der Waals surface area contributed by atoms with Gasteiger partial charge in [-0.1, -0.05) is 18.5 Å². The van der Waals surface area contributed by atoms with Crippen LogP contribution in [0.25, 0.3) is 22.6 Å². The molecule has 0 atom stereocenters. The molecule has 0 aliphatic heterocycles. The van der Waals surface area contributed by atoms with E-state index in [0.29, 0.717) is 28.8 Å². The fourth-order valence-corrected chi connectivity index (χ4v) is 2.16. The van der Waals surface area contributed by atoms with Crippen molar-refractivity contribution in [3.05, 3.63) is 34.6 Å². The van der Waals surface area contributed by atoms with Gasteiger partial charge in [0.2, 0.25) is 11.1 Å². The van der Waals surface area contributed by atoms with Gasteiger partial charge in [0.05, 0.1) is 6.61 Å². The third-order valence-electron chi connectivity index (χ3n) is 2.72. The molecular formula is C14H11Cl2N3O2. The summed E-state index contributed by atoms with van der Waals surface area (Å²) in [5, 5.41) is 1.56. The summed E-state index contributed by atoms with van der Waals surface area (Å²) in [4.78, 5) is 12.2. The molecular weight excluding hydrogens is 313 g/mol. The van der Waals surface area contributed by atoms with Gasteiger partial charge in [-0.15, -0.1) is 0 Å². The summed E-state index contributed by atoms with van der Waals surface area (Å²) < 4.78 is 11.1. The van der Waals surface area contributed by atoms with Crippen molar-refractivity contribution in [2.75, 3.05) is 6.61 Å². The largest absolute Gasteiger partial charge is 0.463 e. The minimum Gasteiger partial charge on any atom is -0.463 e. The molecule has 0 fully saturated rings. The van der Waals surface area contributed by atoms with E-state index in [1.807, 2.05) is 6.92 Å². The van der Waals surface area contributed by atoms with E-state index in [-0.39, 0.29) is 11.3 Å². The molecule has 1 aromatic carbocycles. The van der Waals surface area contributed by atoms with Gasteiger partial charge >= 0.3 is 6.01 Å². The second kappa shape index (κ2) is 5.87. The van der Waals surface area contributed by atoms with Crippen molar-refractivity contribution in [3.63, 3.8) is 0 Å². The molecule has 3 rings (SSSR count). The summed E-state index contributed by atoms with van der Waals surface area (Å²) in [6, 6.07) is 7.34. The topological polar surface area (TPSA) is 61.0 Å². The van der Waals surface area contributed by atoms with Gasteiger partial charge in [0.15, 0.2) is 5.76 Å². The molecule has 0 aliphatic carbocycles. The molecule has 108 valence electrons. The second-order valence-electron chi connectivity index (χ2n) is 4.35. The molecule has 2 heterocycles. The lowest BCUT2D eigenvalue weighted by Gasteiger charge is -2.03. The van der Waals surface area contributed by atoms with E-state index < -0.39 is 0 Å². The lowest BCUT2D eigenvalue weighted by atomic mass is 10.2. The van der Waals surface area contributed by atoms with Crippen LogP contribution >= 0.6 is 23.2 Å². The van der Waals surface area contributed by atoms with Gasteiger partial charge in [-0.3, -0.25) is 0 Å². The Morgan fingerprint density at radius 1 is 1.14 bits per heavy atom. The number of nitrogens with zero attached hydrogens (tertiary/aromatic N) is 3. The summed E-state index contributed by atoms with van der Waals surface area (Å²) in [5.74, 6) is 0.811. The molecule has 0 N–H and O–H groups in total. The van der Waals surface area contributed by atoms with Crippen LogP contribution in [0.15, 0.2) is 28.7 Å². The molecule has 7 heteroatoms. The third kappa shape index (κ3) is 3.09. The Morgan fingerprint density at radius 3 is 2.81 bits per heavy atom. The zero-order chi connectivity index (χ0) is 14.8. The third-order valence-corrected chi connectivity index (χ3v) is 3.13. The quantitative estimate of drug-likeness (QED) is 0.713. The molecule has 5 nitrogen and oxygen atoms in total. The van der Waals surface area contributed by atoms with Gasteiger partial charge in [-0.05, 0) is 42.3 Å². The Hall–Kier alpha value is -1.85. The van der Waals surface area contributed by atoms with Crippen LogP contribution in [-0.4, -0.2) is 21.6 Å². The molecule has 3 aromatic rings. The second-order valence-corrected chi connectivity index (χ2v) is 5.13. The van der Waals surface area contributed by atoms with Crippen LogP contribution in [0.5, 0.6) is 6.01 Å². The molecule has 0 bridgehead atoms. The van der Waals surface area contributed by atoms with Crippen molar-refractivity contribution in [1.29, 1.82) is 0 Å². The maximum absolute atomic E-state index is 5.96. The smallest absolute Gasteiger partial charge is 0.321 e. The van der Waals surface area contributed by atoms with Gasteiger partial charge in [-0.2, -0.15) is 15.0 Å². The van der Waals surface area contributed by atoms with Crippen molar-refractivity contribution in [2.24, 2.45) is 0 Å². The SMILES string of the molecule is CCCOc1nc(Cl)nc(-c2cc3cc(Cl)ccc3o2)n1. The van der Waals surface area contributed by atoms with E-state index >= 15 is 0 Å². The first-order valence-corrected chi connectivity index (χ1v) is 7.15. The first-order valence-electron chi connectivity index (χ1n) is 6.39. The van der Waals surface area contributed by atoms with Crippen molar-refractivity contribution in [1.82, 2.24) is 15.0 Å². The molecule has 0 saturated carbocycles. The van der Waals surface area contributed by atoms with E-state index in [9.17, 15) is 0 Å². The van der Waals surface area contributed by atoms with Crippen LogP contribution in [0, 0.1) is 0 Å². The Bertz CT molecular complexity index is 789. The number of aromatic nitrogens is 3. The zero-order valence-electron chi connectivity index (χ0n) is 11.1. The lowest BCUT2D eigenvalue weighted by Crippen LogP contribution is -2.02. The van der Waals surface area contributed by atoms with Crippen LogP contribution in [0.1, 0.15) is 13.3 Å². The number of hydrogen-bond acceptors (Lipinski definition) is 5. The average molecular weight is 324 g/mol. The molecule has 0 radical (unpaired) electrons. The predicted octanol–water partition coefficient (Wildman–Crippen LogP) is 4.38. The first-order chi connectivity index (χ1) is 10.2. The summed E-state index contributed by atoms with van der Waals surface area (Å²) in [5.41, 5.74) is 0.696. The summed E-state index contributed by atoms with van der Waals surface area (Å²) in [7, 11) is 0. The van der Waals surface area contributed by atoms with Gasteiger partial charge in [0, 0.05) is 10.4 Å². The first kappa shape index (κ1) is 14.1. The van der Waals surface area contributed by atoms with Crippen LogP contribution < -0.4 is 4.74 Å². The van der Waals surface area contributed by atoms with Gasteiger partial charge in [0.25, 0.3) is 0 Å². The Morgan fingerprint density at radius 2 is 2.00 bits per heavy atom. The molecule has 0 aliphatic rings. The Labute approximate surface area is 130 Å². The van der Waals surface area contributed by atoms with E-state index in [2.05, 4.69) is 15.0 Å². The van der Waals surface area contributed by atoms with Gasteiger partial charge in [0.1, 0.15) is 5.58 Å². The minimum absolute atomic E-state index is 0.0598. The number of furan rings is 1. The molecule has 21 heavy (non-hydrogen) atoms. The molecule has 0 amide bonds. The normalized spacial score (nSPS) is 11.0. The standard InChI is InChI=1S/C14H11Cl2N3O2/c1-2-5-20-14-18-12(17-13(16)19-14)11-7-8-6-9(15)3-4-10(8)21-11/h3-4,6-7H,2,5H2,1H3. The van der Waals surface area contributed by atoms with E-state index in [4.69, 9.17) is 32.4 Å². The summed E-state index contributed by atoms with van der Waals surface area (Å²) in [6.07, 6.45) is 0.849. The van der Waals surface area contributed by atoms with E-state index in [1.54, 1.807) is 24.3 Å². The van der Waals surface area contributed by atoms with E-state index in [1.165, 1.54) is 0 Å². The van der Waals surface area contributed by atoms with Crippen molar-refractivity contribution < 1.29 is 9.15 Å². The fraction of sp³-hybridized carbons (Fsp3) is 0.214. The van der Waals surface area contributed by atoms with Crippen molar-refractivity contribution in [3.8, 4) is 17.6 Å². The maximum Gasteiger partial charge on any atom is 0.321 e. The maximum atomic E-state index is 5.96. The van der Waals surface area contributed by atoms with Gasteiger partial charge < -0.3 is 9.15 Å². The zero-order valence-corrected chi connectivity index (χ0v) is 12.6. The van der Waals surface area contributed by atoms with Crippen LogP contribution in [0.2, 0.25) is 10.3 Å². The number of halogens is 2. The molecule has 0 unspecified atom stereocenters. The highest BCUT2D eigenvalue weighted by molar-refractivity contribution is 6.31. The Kier molecular flexibility index (Phi) is 3.94. The number of ether oxygens (including phenoxy) is 1. The minimum atomic E-state index is 0.0598. The van der Waals surface area contributed by atoms with Crippen molar-refractivity contribution >= 4 is 34.2 Å². The number of benzene rings is 1. The molecule has 0 saturated heterocycles. The lowest BCUT2D eigenvalue weighted by molar-refractivity contribution is 0.291. The Balaban J connectivity index is 2.02. The number of rotatable bonds is 4. The fourth-order valence-electron chi connectivity index (χ4n) is 1.82. The highest BCUT2D eigenvalue weighted by Gasteiger charge is 2.13.